The second-order valence-electron chi connectivity index (χ2n) is 5.79. The average Bonchev–Trinajstić information content (AvgIpc) is 3.01. The van der Waals surface area contributed by atoms with Crippen LogP contribution in [0, 0.1) is 10.1 Å². The van der Waals surface area contributed by atoms with Gasteiger partial charge in [0.05, 0.1) is 4.92 Å². The lowest BCUT2D eigenvalue weighted by Crippen LogP contribution is -2.44. The van der Waals surface area contributed by atoms with Crippen molar-refractivity contribution in [3.63, 3.8) is 0 Å². The first kappa shape index (κ1) is 18.4. The summed E-state index contributed by atoms with van der Waals surface area (Å²) in [5.74, 6) is -0.237. The van der Waals surface area contributed by atoms with Crippen molar-refractivity contribution in [2.24, 2.45) is 0 Å². The van der Waals surface area contributed by atoms with Crippen LogP contribution in [0.15, 0.2) is 6.20 Å². The van der Waals surface area contributed by atoms with E-state index in [1.54, 1.807) is 11.8 Å². The molecule has 0 bridgehead atoms. The van der Waals surface area contributed by atoms with Gasteiger partial charge in [0.2, 0.25) is 11.1 Å². The second-order valence-corrected chi connectivity index (χ2v) is 6.13. The number of carbonyl (C=O) groups is 1. The van der Waals surface area contributed by atoms with Crippen LogP contribution in [0.25, 0.3) is 0 Å². The molecule has 1 aromatic heterocycles. The maximum atomic E-state index is 11.8. The summed E-state index contributed by atoms with van der Waals surface area (Å²) in [6.07, 6.45) is 5.14. The molecule has 1 saturated carbocycles. The molecule has 0 radical (unpaired) electrons. The van der Waals surface area contributed by atoms with Crippen molar-refractivity contribution in [3.8, 4) is 0 Å². The van der Waals surface area contributed by atoms with Crippen molar-refractivity contribution in [3.05, 3.63) is 21.6 Å². The van der Waals surface area contributed by atoms with Gasteiger partial charge in [0.1, 0.15) is 6.20 Å². The number of carbonyl (C=O) groups excluding carboxylic acids is 1. The highest BCUT2D eigenvalue weighted by Gasteiger charge is 2.34. The number of anilines is 1. The number of nitrogens with zero attached hydrogens (tertiary/aromatic N) is 4. The molecule has 0 N–H and O–H groups in total. The van der Waals surface area contributed by atoms with Crippen molar-refractivity contribution in [1.29, 1.82) is 0 Å². The van der Waals surface area contributed by atoms with E-state index < -0.39 is 11.2 Å². The zero-order valence-corrected chi connectivity index (χ0v) is 14.5. The lowest BCUT2D eigenvalue weighted by molar-refractivity contribution is -0.384. The molecule has 1 heterocycles. The summed E-state index contributed by atoms with van der Waals surface area (Å²) in [6.45, 7) is 3.58. The fourth-order valence-corrected chi connectivity index (χ4v) is 3.13. The minimum atomic E-state index is -0.670. The molecule has 132 valence electrons. The number of ether oxygens (including phenoxy) is 1. The lowest BCUT2D eigenvalue weighted by atomic mass is 10.2. The van der Waals surface area contributed by atoms with Gasteiger partial charge in [0.25, 0.3) is 0 Å². The van der Waals surface area contributed by atoms with Gasteiger partial charge < -0.3 is 9.64 Å². The molecule has 0 amide bonds. The quantitative estimate of drug-likeness (QED) is 0.242. The third kappa shape index (κ3) is 4.31. The molecular formula is C15H21ClN4O4. The van der Waals surface area contributed by atoms with E-state index in [4.69, 9.17) is 16.3 Å². The van der Waals surface area contributed by atoms with Gasteiger partial charge in [-0.15, -0.1) is 0 Å². The summed E-state index contributed by atoms with van der Waals surface area (Å²) in [5.41, 5.74) is -0.246. The van der Waals surface area contributed by atoms with Gasteiger partial charge in [-0.2, -0.15) is 4.98 Å². The molecule has 0 saturated heterocycles. The van der Waals surface area contributed by atoms with Crippen LogP contribution < -0.4 is 4.90 Å². The third-order valence-electron chi connectivity index (χ3n) is 4.03. The highest BCUT2D eigenvalue weighted by molar-refractivity contribution is 6.28. The number of nitro groups is 1. The Morgan fingerprint density at radius 2 is 2.21 bits per heavy atom. The van der Waals surface area contributed by atoms with Crippen LogP contribution in [-0.4, -0.2) is 33.1 Å². The number of hydrogen-bond acceptors (Lipinski definition) is 7. The molecule has 2 rings (SSSR count). The molecule has 8 nitrogen and oxygen atoms in total. The fourth-order valence-electron chi connectivity index (χ4n) is 3.00. The Labute approximate surface area is 145 Å². The molecule has 0 spiro atoms. The molecule has 9 heteroatoms. The van der Waals surface area contributed by atoms with Crippen molar-refractivity contribution in [2.45, 2.75) is 64.6 Å². The molecular weight excluding hydrogens is 336 g/mol. The monoisotopic (exact) mass is 356 g/mol. The maximum Gasteiger partial charge on any atom is 0.329 e. The highest BCUT2D eigenvalue weighted by atomic mass is 35.5. The first-order chi connectivity index (χ1) is 11.4. The zero-order chi connectivity index (χ0) is 17.7. The smallest absolute Gasteiger partial charge is 0.329 e. The number of esters is 1. The van der Waals surface area contributed by atoms with Gasteiger partial charge in [-0.25, -0.2) is 4.98 Å². The molecule has 1 aromatic rings. The molecule has 0 aromatic carbocycles. The van der Waals surface area contributed by atoms with Crippen LogP contribution in [0.5, 0.6) is 0 Å². The van der Waals surface area contributed by atoms with Gasteiger partial charge >= 0.3 is 11.7 Å². The van der Waals surface area contributed by atoms with E-state index >= 15 is 0 Å². The zero-order valence-electron chi connectivity index (χ0n) is 13.8. The molecule has 1 fully saturated rings. The minimum Gasteiger partial charge on any atom is -0.442 e. The molecule has 1 aliphatic rings. The average molecular weight is 357 g/mol. The van der Waals surface area contributed by atoms with Gasteiger partial charge in [-0.3, -0.25) is 14.9 Å². The summed E-state index contributed by atoms with van der Waals surface area (Å²) in [4.78, 5) is 32.1. The second kappa shape index (κ2) is 8.23. The number of hydrogen-bond donors (Lipinski definition) is 0. The Hall–Kier alpha value is -1.96. The topological polar surface area (TPSA) is 98.5 Å². The van der Waals surface area contributed by atoms with Gasteiger partial charge in [0, 0.05) is 12.5 Å². The number of rotatable bonds is 7. The Morgan fingerprint density at radius 3 is 2.79 bits per heavy atom. The standard InChI is InChI=1S/C15H21ClN4O4/c1-3-6-13(21)24-10(2)19(11-7-4-5-8-11)14-12(20(22)23)9-17-15(16)18-14/h9-11H,3-8H2,1-2H3. The van der Waals surface area contributed by atoms with E-state index in [1.165, 1.54) is 0 Å². The van der Waals surface area contributed by atoms with E-state index in [0.29, 0.717) is 12.8 Å². The largest absolute Gasteiger partial charge is 0.442 e. The summed E-state index contributed by atoms with van der Waals surface area (Å²) < 4.78 is 5.46. The summed E-state index contributed by atoms with van der Waals surface area (Å²) in [5, 5.41) is 11.3. The van der Waals surface area contributed by atoms with E-state index in [9.17, 15) is 14.9 Å². The van der Waals surface area contributed by atoms with Crippen molar-refractivity contribution in [2.75, 3.05) is 4.90 Å². The predicted molar refractivity (Wildman–Crippen MR) is 88.9 cm³/mol. The normalized spacial score (nSPS) is 16.0. The van der Waals surface area contributed by atoms with Crippen LogP contribution in [0.4, 0.5) is 11.5 Å². The van der Waals surface area contributed by atoms with Gasteiger partial charge in [-0.05, 0) is 37.8 Å². The predicted octanol–water partition coefficient (Wildman–Crippen LogP) is 3.48. The maximum absolute atomic E-state index is 11.8. The summed E-state index contributed by atoms with van der Waals surface area (Å²) in [7, 11) is 0. The first-order valence-electron chi connectivity index (χ1n) is 8.08. The highest BCUT2D eigenvalue weighted by Crippen LogP contribution is 2.35. The lowest BCUT2D eigenvalue weighted by Gasteiger charge is -2.34. The van der Waals surface area contributed by atoms with Crippen molar-refractivity contribution >= 4 is 29.1 Å². The van der Waals surface area contributed by atoms with E-state index in [-0.39, 0.29) is 28.8 Å². The van der Waals surface area contributed by atoms with Crippen LogP contribution in [-0.2, 0) is 9.53 Å². The molecule has 0 aliphatic heterocycles. The van der Waals surface area contributed by atoms with E-state index in [2.05, 4.69) is 9.97 Å². The third-order valence-corrected chi connectivity index (χ3v) is 4.21. The Bertz CT molecular complexity index is 607. The first-order valence-corrected chi connectivity index (χ1v) is 8.46. The van der Waals surface area contributed by atoms with Crippen LogP contribution in [0.1, 0.15) is 52.4 Å². The molecule has 24 heavy (non-hydrogen) atoms. The Kier molecular flexibility index (Phi) is 6.30. The summed E-state index contributed by atoms with van der Waals surface area (Å²) >= 11 is 5.85. The van der Waals surface area contributed by atoms with Crippen LogP contribution >= 0.6 is 11.6 Å². The Morgan fingerprint density at radius 1 is 1.54 bits per heavy atom. The number of aromatic nitrogens is 2. The van der Waals surface area contributed by atoms with Crippen LogP contribution in [0.3, 0.4) is 0 Å². The summed E-state index contributed by atoms with van der Waals surface area (Å²) in [6, 6.07) is 0.0130. The van der Waals surface area contributed by atoms with Crippen molar-refractivity contribution in [1.82, 2.24) is 9.97 Å². The molecule has 1 atom stereocenters. The SMILES string of the molecule is CCCC(=O)OC(C)N(c1nc(Cl)ncc1[N+](=O)[O-])C1CCCC1. The van der Waals surface area contributed by atoms with Crippen LogP contribution in [0.2, 0.25) is 5.28 Å². The van der Waals surface area contributed by atoms with E-state index in [0.717, 1.165) is 31.9 Å². The number of halogens is 1. The van der Waals surface area contributed by atoms with Crippen molar-refractivity contribution < 1.29 is 14.5 Å². The Balaban J connectivity index is 2.37. The molecule has 1 aliphatic carbocycles. The van der Waals surface area contributed by atoms with Gasteiger partial charge in [-0.1, -0.05) is 19.8 Å². The van der Waals surface area contributed by atoms with E-state index in [1.807, 2.05) is 6.92 Å². The minimum absolute atomic E-state index is 0.0130. The van der Waals surface area contributed by atoms with Gasteiger partial charge in [0.15, 0.2) is 6.23 Å². The molecule has 1 unspecified atom stereocenters. The fraction of sp³-hybridized carbons (Fsp3) is 0.667.